The average Bonchev–Trinajstić information content (AvgIpc) is 3.48. The van der Waals surface area contributed by atoms with Crippen molar-refractivity contribution in [3.05, 3.63) is 60.3 Å². The normalized spacial score (nSPS) is 18.4. The lowest BCUT2D eigenvalue weighted by Gasteiger charge is -2.37. The number of piperazine rings is 1. The molecule has 0 saturated carbocycles. The van der Waals surface area contributed by atoms with Gasteiger partial charge in [-0.1, -0.05) is 18.2 Å². The summed E-state index contributed by atoms with van der Waals surface area (Å²) in [5, 5.41) is 13.3. The highest BCUT2D eigenvalue weighted by Crippen LogP contribution is 2.26. The lowest BCUT2D eigenvalue weighted by molar-refractivity contribution is 0.0608. The summed E-state index contributed by atoms with van der Waals surface area (Å²) < 4.78 is 2.07. The fourth-order valence-corrected chi connectivity index (χ4v) is 5.32. The molecule has 1 amide bonds. The highest BCUT2D eigenvalue weighted by Gasteiger charge is 2.25. The van der Waals surface area contributed by atoms with Gasteiger partial charge < -0.3 is 10.2 Å². The Morgan fingerprint density at radius 3 is 2.67 bits per heavy atom. The Labute approximate surface area is 193 Å². The molecule has 4 aromatic rings. The molecule has 4 heterocycles. The summed E-state index contributed by atoms with van der Waals surface area (Å²) >= 11 is 0. The molecule has 33 heavy (non-hydrogen) atoms. The number of nitrogens with zero attached hydrogens (tertiary/aromatic N) is 4. The summed E-state index contributed by atoms with van der Waals surface area (Å²) in [6.45, 7) is 6.98. The molecule has 2 N–H and O–H groups in total. The molecule has 2 saturated heterocycles. The highest BCUT2D eigenvalue weighted by atomic mass is 16.2. The topological polar surface area (TPSA) is 69.2 Å². The van der Waals surface area contributed by atoms with Crippen LogP contribution in [0.3, 0.4) is 0 Å². The van der Waals surface area contributed by atoms with Crippen LogP contribution in [0, 0.1) is 5.92 Å². The number of nitrogens with one attached hydrogen (secondary N) is 2. The summed E-state index contributed by atoms with van der Waals surface area (Å²) in [5.41, 5.74) is 2.75. The number of para-hydroxylation sites is 1. The van der Waals surface area contributed by atoms with Crippen LogP contribution in [-0.4, -0.2) is 76.3 Å². The van der Waals surface area contributed by atoms with Crippen molar-refractivity contribution >= 4 is 27.7 Å². The largest absolute Gasteiger partial charge is 0.336 e. The van der Waals surface area contributed by atoms with Gasteiger partial charge in [-0.25, -0.2) is 0 Å². The molecule has 7 heteroatoms. The number of piperidine rings is 1. The van der Waals surface area contributed by atoms with Crippen molar-refractivity contribution < 1.29 is 4.79 Å². The number of fused-ring (bicyclic) bond motifs is 2. The van der Waals surface area contributed by atoms with Gasteiger partial charge in [0.15, 0.2) is 5.82 Å². The van der Waals surface area contributed by atoms with Crippen molar-refractivity contribution in [1.29, 1.82) is 0 Å². The van der Waals surface area contributed by atoms with Crippen LogP contribution in [-0.2, 0) is 0 Å². The molecule has 0 radical (unpaired) electrons. The molecule has 2 fully saturated rings. The van der Waals surface area contributed by atoms with Gasteiger partial charge in [0.05, 0.1) is 11.0 Å². The quantitative estimate of drug-likeness (QED) is 0.509. The Hall–Kier alpha value is -3.16. The smallest absolute Gasteiger partial charge is 0.254 e. The van der Waals surface area contributed by atoms with Crippen molar-refractivity contribution in [1.82, 2.24) is 29.9 Å². The predicted molar refractivity (Wildman–Crippen MR) is 131 cm³/mol. The number of hydrogen-bond acceptors (Lipinski definition) is 4. The van der Waals surface area contributed by atoms with Crippen LogP contribution in [0.15, 0.2) is 54.7 Å². The number of amides is 1. The Morgan fingerprint density at radius 1 is 1.00 bits per heavy atom. The first kappa shape index (κ1) is 20.4. The summed E-state index contributed by atoms with van der Waals surface area (Å²) in [5.74, 6) is 1.77. The fraction of sp³-hybridized carbons (Fsp3) is 0.385. The van der Waals surface area contributed by atoms with Gasteiger partial charge in [-0.15, -0.1) is 0 Å². The van der Waals surface area contributed by atoms with E-state index in [2.05, 4.69) is 37.1 Å². The van der Waals surface area contributed by atoms with Crippen LogP contribution >= 0.6 is 0 Å². The Bertz CT molecular complexity index is 1280. The van der Waals surface area contributed by atoms with Crippen molar-refractivity contribution in [3.63, 3.8) is 0 Å². The first-order valence-corrected chi connectivity index (χ1v) is 12.0. The number of aromatic nitrogens is 3. The van der Waals surface area contributed by atoms with E-state index in [4.69, 9.17) is 0 Å². The molecule has 2 aromatic carbocycles. The molecule has 2 aromatic heterocycles. The second kappa shape index (κ2) is 8.65. The van der Waals surface area contributed by atoms with Gasteiger partial charge in [-0.3, -0.25) is 19.4 Å². The van der Waals surface area contributed by atoms with Gasteiger partial charge in [0, 0.05) is 55.3 Å². The standard InChI is InChI=1S/C26H30N6O/c33-26(31-15-13-30(14-16-31)18-19-7-10-27-11-8-19)21-6-5-20-9-12-32(24(20)17-21)25-22-3-1-2-4-23(22)28-29-25/h1-6,9,12,17,19,27H,7-8,10-11,13-16,18H2,(H,28,29). The van der Waals surface area contributed by atoms with E-state index in [-0.39, 0.29) is 5.91 Å². The number of carbonyl (C=O) groups excluding carboxylic acids is 1. The minimum absolute atomic E-state index is 0.123. The summed E-state index contributed by atoms with van der Waals surface area (Å²) in [7, 11) is 0. The van der Waals surface area contributed by atoms with Gasteiger partial charge in [0.1, 0.15) is 0 Å². The lowest BCUT2D eigenvalue weighted by Crippen LogP contribution is -2.50. The Kier molecular flexibility index (Phi) is 5.36. The first-order valence-electron chi connectivity index (χ1n) is 12.0. The summed E-state index contributed by atoms with van der Waals surface area (Å²) in [4.78, 5) is 17.9. The first-order chi connectivity index (χ1) is 16.3. The molecule has 0 bridgehead atoms. The summed E-state index contributed by atoms with van der Waals surface area (Å²) in [6, 6.07) is 16.2. The van der Waals surface area contributed by atoms with Gasteiger partial charge >= 0.3 is 0 Å². The number of rotatable bonds is 4. The lowest BCUT2D eigenvalue weighted by atomic mass is 9.97. The SMILES string of the molecule is O=C(c1ccc2ccn(-c3n[nH]c4ccccc34)c2c1)N1CCN(CC2CCNCC2)CC1. The zero-order valence-corrected chi connectivity index (χ0v) is 18.8. The zero-order chi connectivity index (χ0) is 22.2. The number of aromatic amines is 1. The molecular weight excluding hydrogens is 412 g/mol. The molecular formula is C26H30N6O. The maximum atomic E-state index is 13.3. The fourth-order valence-electron chi connectivity index (χ4n) is 5.32. The monoisotopic (exact) mass is 442 g/mol. The van der Waals surface area contributed by atoms with Gasteiger partial charge in [-0.2, -0.15) is 5.10 Å². The maximum Gasteiger partial charge on any atom is 0.254 e. The second-order valence-corrected chi connectivity index (χ2v) is 9.34. The number of H-pyrrole nitrogens is 1. The van der Waals surface area contributed by atoms with Crippen LogP contribution in [0.4, 0.5) is 0 Å². The van der Waals surface area contributed by atoms with E-state index in [1.165, 1.54) is 19.4 Å². The molecule has 170 valence electrons. The van der Waals surface area contributed by atoms with Crippen molar-refractivity contribution in [3.8, 4) is 5.82 Å². The minimum Gasteiger partial charge on any atom is -0.336 e. The van der Waals surface area contributed by atoms with E-state index in [0.29, 0.717) is 0 Å². The number of hydrogen-bond donors (Lipinski definition) is 2. The van der Waals surface area contributed by atoms with Crippen molar-refractivity contribution in [2.75, 3.05) is 45.8 Å². The molecule has 0 unspecified atom stereocenters. The van der Waals surface area contributed by atoms with E-state index < -0.39 is 0 Å². The van der Waals surface area contributed by atoms with E-state index in [1.54, 1.807) is 0 Å². The van der Waals surface area contributed by atoms with Crippen molar-refractivity contribution in [2.45, 2.75) is 12.8 Å². The van der Waals surface area contributed by atoms with Gasteiger partial charge in [0.25, 0.3) is 5.91 Å². The van der Waals surface area contributed by atoms with Crippen LogP contribution < -0.4 is 5.32 Å². The predicted octanol–water partition coefficient (Wildman–Crippen LogP) is 3.26. The van der Waals surface area contributed by atoms with E-state index in [9.17, 15) is 4.79 Å². The van der Waals surface area contributed by atoms with E-state index >= 15 is 0 Å². The van der Waals surface area contributed by atoms with E-state index in [0.717, 1.165) is 78.4 Å². The molecule has 7 nitrogen and oxygen atoms in total. The van der Waals surface area contributed by atoms with Gasteiger partial charge in [0.2, 0.25) is 0 Å². The number of benzene rings is 2. The summed E-state index contributed by atoms with van der Waals surface area (Å²) in [6.07, 6.45) is 4.56. The van der Waals surface area contributed by atoms with E-state index in [1.807, 2.05) is 47.5 Å². The third kappa shape index (κ3) is 3.92. The molecule has 2 aliphatic heterocycles. The molecule has 0 spiro atoms. The number of carbonyl (C=O) groups is 1. The minimum atomic E-state index is 0.123. The van der Waals surface area contributed by atoms with Crippen molar-refractivity contribution in [2.24, 2.45) is 5.92 Å². The Morgan fingerprint density at radius 2 is 1.82 bits per heavy atom. The third-order valence-corrected chi connectivity index (χ3v) is 7.25. The highest BCUT2D eigenvalue weighted by molar-refractivity contribution is 5.99. The van der Waals surface area contributed by atoms with Crippen LogP contribution in [0.5, 0.6) is 0 Å². The van der Waals surface area contributed by atoms with Crippen LogP contribution in [0.25, 0.3) is 27.6 Å². The molecule has 2 aliphatic rings. The Balaban J connectivity index is 1.19. The third-order valence-electron chi connectivity index (χ3n) is 7.25. The van der Waals surface area contributed by atoms with Gasteiger partial charge in [-0.05, 0) is 62.2 Å². The average molecular weight is 443 g/mol. The van der Waals surface area contributed by atoms with Crippen LogP contribution in [0.2, 0.25) is 0 Å². The molecule has 6 rings (SSSR count). The maximum absolute atomic E-state index is 13.3. The zero-order valence-electron chi connectivity index (χ0n) is 18.8. The molecule has 0 aliphatic carbocycles. The second-order valence-electron chi connectivity index (χ2n) is 9.34. The van der Waals surface area contributed by atoms with Crippen LogP contribution in [0.1, 0.15) is 23.2 Å². The molecule has 0 atom stereocenters.